The average Bonchev–Trinajstić information content (AvgIpc) is 4.35. The normalized spacial score (nSPS) is 28.7. The van der Waals surface area contributed by atoms with Crippen LogP contribution in [0.15, 0.2) is 158 Å². The molecule has 0 spiro atoms. The van der Waals surface area contributed by atoms with E-state index in [4.69, 9.17) is 0 Å². The SMILES string of the molecule is O=C(N[C@H]1C[C@@H]1c1ccccc1)[C@@H]1CN(C(=O)c2ccc3cc(C(=O)N4C[C@@H](C(=O)N[C@H]5C[C@@H]5c5ccccc5)[C@H](C(=O)N[C@H]5C[C@@H]5c5ccccc5)C4)ccc3c2)C[C@H]1C(=O)N[C@H]1C[C@@H]1c1ccccc1. The Hall–Kier alpha value is -7.60. The van der Waals surface area contributed by atoms with Crippen LogP contribution in [0.4, 0.5) is 0 Å². The molecule has 0 unspecified atom stereocenters. The fourth-order valence-corrected chi connectivity index (χ4v) is 11.7. The molecular formula is C60H58N6O6. The third kappa shape index (κ3) is 9.38. The highest BCUT2D eigenvalue weighted by atomic mass is 16.2. The summed E-state index contributed by atoms with van der Waals surface area (Å²) in [5.41, 5.74) is 5.51. The van der Waals surface area contributed by atoms with Gasteiger partial charge in [0.1, 0.15) is 0 Å². The van der Waals surface area contributed by atoms with Gasteiger partial charge in [-0.3, -0.25) is 28.8 Å². The van der Waals surface area contributed by atoms with E-state index in [1.54, 1.807) is 34.1 Å². The van der Waals surface area contributed by atoms with Gasteiger partial charge in [-0.2, -0.15) is 0 Å². The molecule has 4 saturated carbocycles. The molecule has 12 nitrogen and oxygen atoms in total. The lowest BCUT2D eigenvalue weighted by Crippen LogP contribution is -2.43. The highest BCUT2D eigenvalue weighted by molar-refractivity contribution is 6.03. The quantitative estimate of drug-likeness (QED) is 0.0931. The third-order valence-corrected chi connectivity index (χ3v) is 16.3. The lowest BCUT2D eigenvalue weighted by atomic mass is 9.94. The van der Waals surface area contributed by atoms with Crippen LogP contribution in [0.3, 0.4) is 0 Å². The molecule has 12 atom stereocenters. The molecule has 364 valence electrons. The first-order chi connectivity index (χ1) is 35.1. The number of amides is 6. The summed E-state index contributed by atoms with van der Waals surface area (Å²) < 4.78 is 0. The Morgan fingerprint density at radius 1 is 0.333 bits per heavy atom. The number of carbonyl (C=O) groups excluding carboxylic acids is 6. The van der Waals surface area contributed by atoms with Gasteiger partial charge in [0.2, 0.25) is 23.6 Å². The van der Waals surface area contributed by atoms with Gasteiger partial charge < -0.3 is 31.1 Å². The standard InChI is InChI=1S/C60H58N6O6/c67-55(61-51-27-43(51)35-13-5-1-6-14-35)47-31-65(32-48(47)56(68)62-52-28-44(52)36-15-7-2-8-16-36)59(71)41-23-21-40-26-42(24-22-39(40)25-41)60(72)66-33-49(57(69)63-53-29-45(53)37-17-9-3-10-18-37)50(34-66)58(70)64-54-30-46(54)38-19-11-4-12-20-38/h1-26,43-54H,27-34H2,(H,61,67)(H,62,68)(H,63,69)(H,64,70)/t43-,44-,45-,46-,47-,48-,49-,50-,51+,52+,53+,54+/m1/s1. The molecule has 4 N–H and O–H groups in total. The first-order valence-corrected chi connectivity index (χ1v) is 25.7. The molecule has 6 aromatic carbocycles. The van der Waals surface area contributed by atoms with Gasteiger partial charge in [0.25, 0.3) is 11.8 Å². The van der Waals surface area contributed by atoms with E-state index in [1.165, 1.54) is 22.3 Å². The molecule has 6 aliphatic rings. The Morgan fingerprint density at radius 3 is 0.833 bits per heavy atom. The summed E-state index contributed by atoms with van der Waals surface area (Å²) in [6.07, 6.45) is 3.31. The maximum absolute atomic E-state index is 14.3. The molecule has 6 fully saturated rings. The summed E-state index contributed by atoms with van der Waals surface area (Å²) in [6, 6.07) is 51.0. The van der Waals surface area contributed by atoms with Crippen LogP contribution in [0.2, 0.25) is 0 Å². The van der Waals surface area contributed by atoms with Crippen molar-refractivity contribution in [3.8, 4) is 0 Å². The van der Waals surface area contributed by atoms with Gasteiger partial charge in [0.15, 0.2) is 0 Å². The number of benzene rings is 6. The summed E-state index contributed by atoms with van der Waals surface area (Å²) in [4.78, 5) is 88.1. The van der Waals surface area contributed by atoms with Crippen LogP contribution >= 0.6 is 0 Å². The second-order valence-corrected chi connectivity index (χ2v) is 21.1. The number of nitrogens with one attached hydrogen (secondary N) is 4. The maximum Gasteiger partial charge on any atom is 0.253 e. The zero-order valence-corrected chi connectivity index (χ0v) is 39.9. The van der Waals surface area contributed by atoms with Crippen molar-refractivity contribution in [1.29, 1.82) is 0 Å². The van der Waals surface area contributed by atoms with Crippen LogP contribution in [0.5, 0.6) is 0 Å². The lowest BCUT2D eigenvalue weighted by molar-refractivity contribution is -0.133. The van der Waals surface area contributed by atoms with E-state index in [-0.39, 0.29) is 109 Å². The van der Waals surface area contributed by atoms with E-state index >= 15 is 0 Å². The van der Waals surface area contributed by atoms with E-state index in [0.29, 0.717) is 11.1 Å². The van der Waals surface area contributed by atoms with Gasteiger partial charge in [-0.25, -0.2) is 0 Å². The molecule has 6 aromatic rings. The Balaban J connectivity index is 0.726. The van der Waals surface area contributed by atoms with Crippen LogP contribution in [0, 0.1) is 23.7 Å². The predicted molar refractivity (Wildman–Crippen MR) is 273 cm³/mol. The van der Waals surface area contributed by atoms with Gasteiger partial charge in [-0.05, 0) is 83.0 Å². The average molecular weight is 959 g/mol. The van der Waals surface area contributed by atoms with Crippen molar-refractivity contribution < 1.29 is 28.8 Å². The zero-order chi connectivity index (χ0) is 49.0. The Kier molecular flexibility index (Phi) is 11.9. The fraction of sp³-hybridized carbons (Fsp3) is 0.333. The van der Waals surface area contributed by atoms with Crippen molar-refractivity contribution in [3.63, 3.8) is 0 Å². The first-order valence-electron chi connectivity index (χ1n) is 25.7. The monoisotopic (exact) mass is 958 g/mol. The van der Waals surface area contributed by atoms with E-state index in [9.17, 15) is 28.8 Å². The largest absolute Gasteiger partial charge is 0.352 e. The summed E-state index contributed by atoms with van der Waals surface area (Å²) in [6.45, 7) is 0.445. The molecule has 0 radical (unpaired) electrons. The molecule has 12 rings (SSSR count). The number of likely N-dealkylation sites (tertiary alicyclic amines) is 2. The van der Waals surface area contributed by atoms with Gasteiger partial charge in [0.05, 0.1) is 23.7 Å². The Bertz CT molecular complexity index is 2710. The molecule has 72 heavy (non-hydrogen) atoms. The molecule has 2 heterocycles. The number of rotatable bonds is 14. The summed E-state index contributed by atoms with van der Waals surface area (Å²) in [5.74, 6) is -3.37. The predicted octanol–water partition coefficient (Wildman–Crippen LogP) is 6.91. The molecule has 4 aliphatic carbocycles. The summed E-state index contributed by atoms with van der Waals surface area (Å²) in [5, 5.41) is 14.3. The smallest absolute Gasteiger partial charge is 0.253 e. The van der Waals surface area contributed by atoms with E-state index < -0.39 is 23.7 Å². The van der Waals surface area contributed by atoms with Crippen LogP contribution in [0.25, 0.3) is 10.8 Å². The summed E-state index contributed by atoms with van der Waals surface area (Å²) >= 11 is 0. The van der Waals surface area contributed by atoms with Gasteiger partial charge in [-0.15, -0.1) is 0 Å². The van der Waals surface area contributed by atoms with Crippen LogP contribution in [0.1, 0.15) is 92.3 Å². The van der Waals surface area contributed by atoms with Gasteiger partial charge in [-0.1, -0.05) is 133 Å². The maximum atomic E-state index is 14.3. The minimum atomic E-state index is -0.712. The third-order valence-electron chi connectivity index (χ3n) is 16.3. The first kappa shape index (κ1) is 45.5. The molecule has 0 bridgehead atoms. The highest BCUT2D eigenvalue weighted by Gasteiger charge is 2.51. The highest BCUT2D eigenvalue weighted by Crippen LogP contribution is 2.45. The van der Waals surface area contributed by atoms with Crippen LogP contribution in [-0.4, -0.2) is 95.6 Å². The number of nitrogens with zero attached hydrogens (tertiary/aromatic N) is 2. The molecule has 2 aliphatic heterocycles. The second-order valence-electron chi connectivity index (χ2n) is 21.1. The lowest BCUT2D eigenvalue weighted by Gasteiger charge is -2.18. The molecular weight excluding hydrogens is 901 g/mol. The Labute approximate surface area is 418 Å². The van der Waals surface area contributed by atoms with Crippen LogP contribution < -0.4 is 21.3 Å². The van der Waals surface area contributed by atoms with Gasteiger partial charge in [0, 0.05) is 85.1 Å². The van der Waals surface area contributed by atoms with E-state index in [1.807, 2.05) is 84.9 Å². The van der Waals surface area contributed by atoms with E-state index in [2.05, 4.69) is 69.8 Å². The summed E-state index contributed by atoms with van der Waals surface area (Å²) in [7, 11) is 0. The van der Waals surface area contributed by atoms with Crippen molar-refractivity contribution in [2.45, 2.75) is 73.5 Å². The number of hydrogen-bond donors (Lipinski definition) is 4. The second kappa shape index (κ2) is 18.9. The molecule has 2 saturated heterocycles. The number of fused-ring (bicyclic) bond motifs is 1. The van der Waals surface area contributed by atoms with Crippen molar-refractivity contribution in [2.75, 3.05) is 26.2 Å². The van der Waals surface area contributed by atoms with Crippen molar-refractivity contribution in [3.05, 3.63) is 191 Å². The molecule has 6 amide bonds. The van der Waals surface area contributed by atoms with Crippen LogP contribution in [-0.2, 0) is 19.2 Å². The van der Waals surface area contributed by atoms with Crippen molar-refractivity contribution in [1.82, 2.24) is 31.1 Å². The molecule has 12 heteroatoms. The number of carbonyl (C=O) groups is 6. The minimum absolute atomic E-state index is 0.0231. The van der Waals surface area contributed by atoms with Crippen molar-refractivity contribution >= 4 is 46.2 Å². The number of hydrogen-bond acceptors (Lipinski definition) is 6. The van der Waals surface area contributed by atoms with Crippen molar-refractivity contribution in [2.24, 2.45) is 23.7 Å². The van der Waals surface area contributed by atoms with E-state index in [0.717, 1.165) is 36.5 Å². The fourth-order valence-electron chi connectivity index (χ4n) is 11.7. The minimum Gasteiger partial charge on any atom is -0.352 e. The molecule has 0 aromatic heterocycles. The van der Waals surface area contributed by atoms with Gasteiger partial charge >= 0.3 is 0 Å². The Morgan fingerprint density at radius 2 is 0.583 bits per heavy atom. The zero-order valence-electron chi connectivity index (χ0n) is 39.9. The topological polar surface area (TPSA) is 157 Å².